The van der Waals surface area contributed by atoms with E-state index in [1.807, 2.05) is 0 Å². The quantitative estimate of drug-likeness (QED) is 0.656. The van der Waals surface area contributed by atoms with Crippen LogP contribution in [0.3, 0.4) is 0 Å². The number of benzene rings is 2. The number of hydrogen-bond acceptors (Lipinski definition) is 6. The molecule has 1 amide bonds. The van der Waals surface area contributed by atoms with Crippen LogP contribution in [-0.2, 0) is 19.6 Å². The van der Waals surface area contributed by atoms with Crippen molar-refractivity contribution in [2.75, 3.05) is 32.6 Å². The molecule has 8 nitrogen and oxygen atoms in total. The van der Waals surface area contributed by atoms with Crippen LogP contribution in [0.5, 0.6) is 5.75 Å². The minimum Gasteiger partial charge on any atom is -0.495 e. The minimum atomic E-state index is -3.83. The maximum Gasteiger partial charge on any atom is 0.339 e. The first-order chi connectivity index (χ1) is 14.8. The summed E-state index contributed by atoms with van der Waals surface area (Å²) in [7, 11) is -1.16. The highest BCUT2D eigenvalue weighted by Gasteiger charge is 2.34. The monoisotopic (exact) mass is 466 g/mol. The second-order valence-corrected chi connectivity index (χ2v) is 9.34. The Labute approximate surface area is 186 Å². The van der Waals surface area contributed by atoms with Crippen molar-refractivity contribution in [1.82, 2.24) is 4.31 Å². The van der Waals surface area contributed by atoms with Gasteiger partial charge >= 0.3 is 5.97 Å². The maximum atomic E-state index is 13.1. The number of sulfonamides is 1. The smallest absolute Gasteiger partial charge is 0.339 e. The fourth-order valence-electron chi connectivity index (χ4n) is 3.46. The molecule has 0 atom stereocenters. The van der Waals surface area contributed by atoms with Crippen LogP contribution in [0.15, 0.2) is 47.4 Å². The van der Waals surface area contributed by atoms with Gasteiger partial charge < -0.3 is 14.8 Å². The number of methoxy groups -OCH3 is 2. The van der Waals surface area contributed by atoms with Gasteiger partial charge in [-0.2, -0.15) is 4.31 Å². The van der Waals surface area contributed by atoms with E-state index in [1.165, 1.54) is 30.7 Å². The fraction of sp³-hybridized carbons (Fsp3) is 0.333. The molecule has 1 saturated heterocycles. The lowest BCUT2D eigenvalue weighted by Crippen LogP contribution is -2.41. The van der Waals surface area contributed by atoms with E-state index >= 15 is 0 Å². The number of anilines is 1. The molecular weight excluding hydrogens is 444 g/mol. The van der Waals surface area contributed by atoms with Crippen molar-refractivity contribution in [1.29, 1.82) is 0 Å². The Hall–Kier alpha value is -2.62. The molecule has 166 valence electrons. The van der Waals surface area contributed by atoms with Crippen LogP contribution in [0.25, 0.3) is 0 Å². The van der Waals surface area contributed by atoms with Gasteiger partial charge in [0.05, 0.1) is 25.5 Å². The van der Waals surface area contributed by atoms with Gasteiger partial charge in [0.2, 0.25) is 15.9 Å². The molecule has 0 spiro atoms. The van der Waals surface area contributed by atoms with Crippen LogP contribution in [0.2, 0.25) is 5.02 Å². The van der Waals surface area contributed by atoms with Crippen molar-refractivity contribution >= 4 is 39.2 Å². The maximum absolute atomic E-state index is 13.1. The number of esters is 1. The van der Waals surface area contributed by atoms with Crippen molar-refractivity contribution in [2.45, 2.75) is 17.7 Å². The van der Waals surface area contributed by atoms with Gasteiger partial charge in [0.25, 0.3) is 0 Å². The van der Waals surface area contributed by atoms with Gasteiger partial charge in [-0.1, -0.05) is 23.7 Å². The molecule has 1 fully saturated rings. The molecule has 0 aliphatic carbocycles. The minimum absolute atomic E-state index is 0.00240. The molecule has 0 unspecified atom stereocenters. The van der Waals surface area contributed by atoms with Crippen LogP contribution >= 0.6 is 11.6 Å². The van der Waals surface area contributed by atoms with E-state index in [-0.39, 0.29) is 40.2 Å². The summed E-state index contributed by atoms with van der Waals surface area (Å²) in [5, 5.41) is 3.05. The zero-order valence-electron chi connectivity index (χ0n) is 17.1. The zero-order valence-corrected chi connectivity index (χ0v) is 18.7. The summed E-state index contributed by atoms with van der Waals surface area (Å²) >= 11 is 5.98. The summed E-state index contributed by atoms with van der Waals surface area (Å²) in [6, 6.07) is 11.0. The summed E-state index contributed by atoms with van der Waals surface area (Å²) in [6.07, 6.45) is 0.683. The SMILES string of the molecule is COC(=O)c1ccccc1NC(=O)C1CCN(S(=O)(=O)c2cc(Cl)ccc2OC)CC1. The van der Waals surface area contributed by atoms with E-state index in [1.54, 1.807) is 30.3 Å². The number of ether oxygens (including phenoxy) is 2. The van der Waals surface area contributed by atoms with E-state index in [4.69, 9.17) is 21.1 Å². The number of amides is 1. The molecule has 1 aliphatic rings. The lowest BCUT2D eigenvalue weighted by molar-refractivity contribution is -0.120. The van der Waals surface area contributed by atoms with Gasteiger partial charge in [-0.15, -0.1) is 0 Å². The molecule has 10 heteroatoms. The third-order valence-electron chi connectivity index (χ3n) is 5.16. The number of rotatable bonds is 6. The average molecular weight is 467 g/mol. The fourth-order valence-corrected chi connectivity index (χ4v) is 5.35. The number of piperidine rings is 1. The molecule has 0 saturated carbocycles. The van der Waals surface area contributed by atoms with E-state index in [0.717, 1.165) is 0 Å². The Balaban J connectivity index is 1.69. The summed E-state index contributed by atoms with van der Waals surface area (Å²) in [5.41, 5.74) is 0.615. The van der Waals surface area contributed by atoms with Gasteiger partial charge in [-0.05, 0) is 43.2 Å². The van der Waals surface area contributed by atoms with Crippen molar-refractivity contribution < 1.29 is 27.5 Å². The Morgan fingerprint density at radius 1 is 1.10 bits per heavy atom. The predicted octanol–water partition coefficient (Wildman–Crippen LogP) is 3.17. The highest BCUT2D eigenvalue weighted by atomic mass is 35.5. The first-order valence-corrected chi connectivity index (χ1v) is 11.4. The van der Waals surface area contributed by atoms with Crippen LogP contribution < -0.4 is 10.1 Å². The zero-order chi connectivity index (χ0) is 22.6. The van der Waals surface area contributed by atoms with Gasteiger partial charge in [-0.25, -0.2) is 13.2 Å². The largest absolute Gasteiger partial charge is 0.495 e. The molecule has 2 aromatic rings. The van der Waals surface area contributed by atoms with Gasteiger partial charge in [0, 0.05) is 24.0 Å². The topological polar surface area (TPSA) is 102 Å². The van der Waals surface area contributed by atoms with Crippen LogP contribution in [0.1, 0.15) is 23.2 Å². The molecule has 0 aromatic heterocycles. The third-order valence-corrected chi connectivity index (χ3v) is 7.31. The number of nitrogens with one attached hydrogen (secondary N) is 1. The second kappa shape index (κ2) is 9.67. The van der Waals surface area contributed by atoms with E-state index in [2.05, 4.69) is 5.32 Å². The molecule has 1 aliphatic heterocycles. The van der Waals surface area contributed by atoms with Crippen molar-refractivity contribution in [3.05, 3.63) is 53.1 Å². The van der Waals surface area contributed by atoms with Gasteiger partial charge in [0.15, 0.2) is 0 Å². The number of para-hydroxylation sites is 1. The second-order valence-electron chi connectivity index (χ2n) is 7.00. The summed E-state index contributed by atoms with van der Waals surface area (Å²) < 4.78 is 37.4. The molecule has 2 aromatic carbocycles. The number of carbonyl (C=O) groups excluding carboxylic acids is 2. The number of hydrogen-bond donors (Lipinski definition) is 1. The predicted molar refractivity (Wildman–Crippen MR) is 116 cm³/mol. The van der Waals surface area contributed by atoms with Crippen LogP contribution in [0, 0.1) is 5.92 Å². The Morgan fingerprint density at radius 2 is 1.77 bits per heavy atom. The number of nitrogens with zero attached hydrogens (tertiary/aromatic N) is 1. The molecule has 1 heterocycles. The van der Waals surface area contributed by atoms with Crippen LogP contribution in [0.4, 0.5) is 5.69 Å². The van der Waals surface area contributed by atoms with Crippen molar-refractivity contribution in [2.24, 2.45) is 5.92 Å². The van der Waals surface area contributed by atoms with Crippen molar-refractivity contribution in [3.8, 4) is 5.75 Å². The molecule has 0 radical (unpaired) electrons. The average Bonchev–Trinajstić information content (AvgIpc) is 2.79. The lowest BCUT2D eigenvalue weighted by atomic mass is 9.97. The first kappa shape index (κ1) is 23.1. The molecule has 3 rings (SSSR count). The van der Waals surface area contributed by atoms with Gasteiger partial charge in [0.1, 0.15) is 10.6 Å². The third kappa shape index (κ3) is 5.00. The highest BCUT2D eigenvalue weighted by Crippen LogP contribution is 2.32. The highest BCUT2D eigenvalue weighted by molar-refractivity contribution is 7.89. The van der Waals surface area contributed by atoms with E-state index in [9.17, 15) is 18.0 Å². The number of carbonyl (C=O) groups is 2. The first-order valence-electron chi connectivity index (χ1n) is 9.60. The number of halogens is 1. The lowest BCUT2D eigenvalue weighted by Gasteiger charge is -2.31. The summed E-state index contributed by atoms with van der Waals surface area (Å²) in [5.74, 6) is -0.997. The van der Waals surface area contributed by atoms with Gasteiger partial charge in [-0.3, -0.25) is 4.79 Å². The normalized spacial score (nSPS) is 15.3. The van der Waals surface area contributed by atoms with Crippen molar-refractivity contribution in [3.63, 3.8) is 0 Å². The Bertz CT molecular complexity index is 1080. The van der Waals surface area contributed by atoms with E-state index in [0.29, 0.717) is 18.5 Å². The van der Waals surface area contributed by atoms with Crippen LogP contribution in [-0.4, -0.2) is 51.9 Å². The van der Waals surface area contributed by atoms with E-state index < -0.39 is 21.9 Å². The molecule has 31 heavy (non-hydrogen) atoms. The standard InChI is InChI=1S/C21H23ClN2O6S/c1-29-18-8-7-15(22)13-19(18)31(27,28)24-11-9-14(10-12-24)20(25)23-17-6-4-3-5-16(17)21(26)30-2/h3-8,13-14H,9-12H2,1-2H3,(H,23,25). The summed E-state index contributed by atoms with van der Waals surface area (Å²) in [4.78, 5) is 24.6. The molecule has 1 N–H and O–H groups in total. The summed E-state index contributed by atoms with van der Waals surface area (Å²) in [6.45, 7) is 0.351. The Morgan fingerprint density at radius 3 is 2.42 bits per heavy atom. The Kier molecular flexibility index (Phi) is 7.19. The molecular formula is C21H23ClN2O6S. The molecule has 0 bridgehead atoms.